The summed E-state index contributed by atoms with van der Waals surface area (Å²) in [5.41, 5.74) is 1.31. The summed E-state index contributed by atoms with van der Waals surface area (Å²) in [6, 6.07) is 10.2. The Labute approximate surface area is 138 Å². The molecule has 0 aromatic heterocycles. The van der Waals surface area contributed by atoms with Crippen LogP contribution < -0.4 is 14.8 Å². The van der Waals surface area contributed by atoms with Crippen LogP contribution in [0.3, 0.4) is 0 Å². The molecule has 0 spiro atoms. The third kappa shape index (κ3) is 4.06. The molecule has 22 heavy (non-hydrogen) atoms. The van der Waals surface area contributed by atoms with Crippen molar-refractivity contribution < 1.29 is 14.3 Å². The van der Waals surface area contributed by atoms with Crippen molar-refractivity contribution in [1.29, 1.82) is 0 Å². The van der Waals surface area contributed by atoms with Gasteiger partial charge in [0.2, 0.25) is 0 Å². The lowest BCUT2D eigenvalue weighted by Crippen LogP contribution is -2.22. The van der Waals surface area contributed by atoms with Crippen LogP contribution >= 0.6 is 23.2 Å². The summed E-state index contributed by atoms with van der Waals surface area (Å²) < 4.78 is 10.4. The number of nitrogens with one attached hydrogen (secondary N) is 1. The Hall–Kier alpha value is -1.91. The molecule has 0 aliphatic heterocycles. The second-order valence-electron chi connectivity index (χ2n) is 4.53. The van der Waals surface area contributed by atoms with Crippen molar-refractivity contribution in [3.63, 3.8) is 0 Å². The lowest BCUT2D eigenvalue weighted by Gasteiger charge is -2.10. The monoisotopic (exact) mass is 339 g/mol. The lowest BCUT2D eigenvalue weighted by molar-refractivity contribution is 0.0951. The van der Waals surface area contributed by atoms with E-state index in [-0.39, 0.29) is 5.91 Å². The van der Waals surface area contributed by atoms with Crippen LogP contribution in [0, 0.1) is 0 Å². The maximum Gasteiger partial charge on any atom is 0.251 e. The molecule has 6 heteroatoms. The van der Waals surface area contributed by atoms with Crippen molar-refractivity contribution in [3.8, 4) is 11.5 Å². The summed E-state index contributed by atoms with van der Waals surface area (Å²) in [6.45, 7) is 0.340. The highest BCUT2D eigenvalue weighted by Gasteiger charge is 2.09. The SMILES string of the molecule is COc1cc(CNC(=O)c2ccc(Cl)c(Cl)c2)cc(OC)c1. The number of ether oxygens (including phenoxy) is 2. The Balaban J connectivity index is 2.08. The van der Waals surface area contributed by atoms with Gasteiger partial charge in [0, 0.05) is 18.2 Å². The van der Waals surface area contributed by atoms with Crippen molar-refractivity contribution in [1.82, 2.24) is 5.32 Å². The minimum absolute atomic E-state index is 0.236. The van der Waals surface area contributed by atoms with Gasteiger partial charge in [0.05, 0.1) is 24.3 Å². The van der Waals surface area contributed by atoms with Crippen molar-refractivity contribution in [2.75, 3.05) is 14.2 Å². The molecule has 2 rings (SSSR count). The molecule has 116 valence electrons. The first kappa shape index (κ1) is 16.5. The van der Waals surface area contributed by atoms with Gasteiger partial charge in [0.25, 0.3) is 5.91 Å². The fourth-order valence-corrected chi connectivity index (χ4v) is 2.19. The molecule has 0 unspecified atom stereocenters. The first-order valence-electron chi connectivity index (χ1n) is 6.48. The van der Waals surface area contributed by atoms with Crippen molar-refractivity contribution in [2.24, 2.45) is 0 Å². The van der Waals surface area contributed by atoms with Gasteiger partial charge in [-0.25, -0.2) is 0 Å². The summed E-state index contributed by atoms with van der Waals surface area (Å²) in [6.07, 6.45) is 0. The molecule has 4 nitrogen and oxygen atoms in total. The molecular weight excluding hydrogens is 325 g/mol. The van der Waals surface area contributed by atoms with E-state index in [9.17, 15) is 4.79 Å². The highest BCUT2D eigenvalue weighted by molar-refractivity contribution is 6.42. The number of methoxy groups -OCH3 is 2. The van der Waals surface area contributed by atoms with E-state index in [0.29, 0.717) is 33.7 Å². The Morgan fingerprint density at radius 2 is 1.64 bits per heavy atom. The molecule has 0 saturated carbocycles. The van der Waals surface area contributed by atoms with Gasteiger partial charge in [-0.05, 0) is 35.9 Å². The van der Waals surface area contributed by atoms with Crippen LogP contribution in [0.1, 0.15) is 15.9 Å². The zero-order valence-electron chi connectivity index (χ0n) is 12.2. The Kier molecular flexibility index (Phi) is 5.52. The Bertz CT molecular complexity index is 667. The molecule has 2 aromatic carbocycles. The van der Waals surface area contributed by atoms with Gasteiger partial charge >= 0.3 is 0 Å². The number of carbonyl (C=O) groups excluding carboxylic acids is 1. The number of rotatable bonds is 5. The molecule has 0 fully saturated rings. The highest BCUT2D eigenvalue weighted by atomic mass is 35.5. The minimum Gasteiger partial charge on any atom is -0.497 e. The highest BCUT2D eigenvalue weighted by Crippen LogP contribution is 2.24. The molecule has 0 bridgehead atoms. The Morgan fingerprint density at radius 3 is 2.18 bits per heavy atom. The maximum absolute atomic E-state index is 12.1. The number of carbonyl (C=O) groups is 1. The number of amides is 1. The summed E-state index contributed by atoms with van der Waals surface area (Å²) >= 11 is 11.7. The average molecular weight is 340 g/mol. The van der Waals surface area contributed by atoms with Gasteiger partial charge in [-0.15, -0.1) is 0 Å². The molecule has 0 atom stereocenters. The van der Waals surface area contributed by atoms with E-state index in [0.717, 1.165) is 5.56 Å². The summed E-state index contributed by atoms with van der Waals surface area (Å²) in [5.74, 6) is 1.09. The molecule has 0 aliphatic carbocycles. The predicted octanol–water partition coefficient (Wildman–Crippen LogP) is 3.94. The van der Waals surface area contributed by atoms with E-state index >= 15 is 0 Å². The summed E-state index contributed by atoms with van der Waals surface area (Å²) in [4.78, 5) is 12.1. The molecular formula is C16H15Cl2NO3. The number of hydrogen-bond donors (Lipinski definition) is 1. The van der Waals surface area contributed by atoms with Gasteiger partial charge in [-0.2, -0.15) is 0 Å². The molecule has 2 aromatic rings. The van der Waals surface area contributed by atoms with Gasteiger partial charge in [0.1, 0.15) is 11.5 Å². The minimum atomic E-state index is -0.236. The van der Waals surface area contributed by atoms with Gasteiger partial charge in [-0.1, -0.05) is 23.2 Å². The second-order valence-corrected chi connectivity index (χ2v) is 5.35. The van der Waals surface area contributed by atoms with E-state index in [1.54, 1.807) is 32.4 Å². The molecule has 1 amide bonds. The maximum atomic E-state index is 12.1. The van der Waals surface area contributed by atoms with Crippen molar-refractivity contribution >= 4 is 29.1 Å². The van der Waals surface area contributed by atoms with E-state index in [4.69, 9.17) is 32.7 Å². The van der Waals surface area contributed by atoms with Crippen molar-refractivity contribution in [3.05, 3.63) is 57.6 Å². The summed E-state index contributed by atoms with van der Waals surface area (Å²) in [5, 5.41) is 3.57. The van der Waals surface area contributed by atoms with Crippen LogP contribution in [-0.4, -0.2) is 20.1 Å². The number of hydrogen-bond acceptors (Lipinski definition) is 3. The van der Waals surface area contributed by atoms with E-state index < -0.39 is 0 Å². The quantitative estimate of drug-likeness (QED) is 0.897. The zero-order chi connectivity index (χ0) is 16.1. The topological polar surface area (TPSA) is 47.6 Å². The molecule has 0 aliphatic rings. The van der Waals surface area contributed by atoms with Crippen molar-refractivity contribution in [2.45, 2.75) is 6.54 Å². The summed E-state index contributed by atoms with van der Waals surface area (Å²) in [7, 11) is 3.15. The van der Waals surface area contributed by atoms with Gasteiger partial charge in [0.15, 0.2) is 0 Å². The van der Waals surface area contributed by atoms with Crippen LogP contribution in [-0.2, 0) is 6.54 Å². The van der Waals surface area contributed by atoms with Gasteiger partial charge in [-0.3, -0.25) is 4.79 Å². The third-order valence-electron chi connectivity index (χ3n) is 3.05. The number of benzene rings is 2. The fraction of sp³-hybridized carbons (Fsp3) is 0.188. The first-order valence-corrected chi connectivity index (χ1v) is 7.24. The first-order chi connectivity index (χ1) is 10.5. The number of halogens is 2. The van der Waals surface area contributed by atoms with E-state index in [1.165, 1.54) is 6.07 Å². The van der Waals surface area contributed by atoms with Crippen LogP contribution in [0.2, 0.25) is 10.0 Å². The second kappa shape index (κ2) is 7.38. The van der Waals surface area contributed by atoms with Gasteiger partial charge < -0.3 is 14.8 Å². The predicted molar refractivity (Wildman–Crippen MR) is 87.2 cm³/mol. The largest absolute Gasteiger partial charge is 0.497 e. The normalized spacial score (nSPS) is 10.2. The molecule has 1 N–H and O–H groups in total. The van der Waals surface area contributed by atoms with Crippen LogP contribution in [0.4, 0.5) is 0 Å². The Morgan fingerprint density at radius 1 is 1.00 bits per heavy atom. The zero-order valence-corrected chi connectivity index (χ0v) is 13.7. The molecule has 0 saturated heterocycles. The average Bonchev–Trinajstić information content (AvgIpc) is 2.54. The smallest absolute Gasteiger partial charge is 0.251 e. The third-order valence-corrected chi connectivity index (χ3v) is 3.79. The van der Waals surface area contributed by atoms with E-state index in [1.807, 2.05) is 12.1 Å². The fourth-order valence-electron chi connectivity index (χ4n) is 1.89. The standard InChI is InChI=1S/C16H15Cl2NO3/c1-21-12-5-10(6-13(8-12)22-2)9-19-16(20)11-3-4-14(17)15(18)7-11/h3-8H,9H2,1-2H3,(H,19,20). The van der Waals surface area contributed by atoms with Crippen LogP contribution in [0.25, 0.3) is 0 Å². The van der Waals surface area contributed by atoms with E-state index in [2.05, 4.69) is 5.32 Å². The van der Waals surface area contributed by atoms with Crippen LogP contribution in [0.5, 0.6) is 11.5 Å². The molecule has 0 heterocycles. The molecule has 0 radical (unpaired) electrons. The van der Waals surface area contributed by atoms with Crippen LogP contribution in [0.15, 0.2) is 36.4 Å². The lowest BCUT2D eigenvalue weighted by atomic mass is 10.1.